The van der Waals surface area contributed by atoms with E-state index in [0.717, 1.165) is 22.5 Å². The largest absolute Gasteiger partial charge is 0.508 e. The molecule has 0 radical (unpaired) electrons. The highest BCUT2D eigenvalue weighted by molar-refractivity contribution is 5.99. The molecule has 1 aromatic heterocycles. The van der Waals surface area contributed by atoms with E-state index in [-0.39, 0.29) is 5.75 Å². The lowest BCUT2D eigenvalue weighted by atomic mass is 10.1. The van der Waals surface area contributed by atoms with E-state index in [0.29, 0.717) is 11.6 Å². The monoisotopic (exact) mass is 318 g/mol. The summed E-state index contributed by atoms with van der Waals surface area (Å²) < 4.78 is 0. The predicted octanol–water partition coefficient (Wildman–Crippen LogP) is 3.99. The van der Waals surface area contributed by atoms with Crippen LogP contribution in [0.1, 0.15) is 18.2 Å². The van der Waals surface area contributed by atoms with Gasteiger partial charge in [0.15, 0.2) is 11.6 Å². The normalized spacial score (nSPS) is 11.3. The maximum atomic E-state index is 9.34. The zero-order valence-corrected chi connectivity index (χ0v) is 13.6. The molecule has 0 saturated carbocycles. The third-order valence-corrected chi connectivity index (χ3v) is 3.51. The summed E-state index contributed by atoms with van der Waals surface area (Å²) >= 11 is 0. The van der Waals surface area contributed by atoms with Crippen LogP contribution in [-0.4, -0.2) is 20.8 Å². The Morgan fingerprint density at radius 2 is 1.71 bits per heavy atom. The summed E-state index contributed by atoms with van der Waals surface area (Å²) in [5, 5.41) is 13.7. The maximum absolute atomic E-state index is 9.34. The zero-order valence-electron chi connectivity index (χ0n) is 13.6. The second kappa shape index (κ2) is 6.91. The minimum Gasteiger partial charge on any atom is -0.508 e. The van der Waals surface area contributed by atoms with Crippen molar-refractivity contribution in [2.24, 2.45) is 5.10 Å². The minimum absolute atomic E-state index is 0.235. The third-order valence-electron chi connectivity index (χ3n) is 3.51. The summed E-state index contributed by atoms with van der Waals surface area (Å²) in [6.45, 7) is 3.82. The third kappa shape index (κ3) is 3.76. The Hall–Kier alpha value is -3.21. The summed E-state index contributed by atoms with van der Waals surface area (Å²) in [4.78, 5) is 8.99. The number of aromatic nitrogens is 2. The Bertz CT molecular complexity index is 858. The molecule has 0 aliphatic rings. The summed E-state index contributed by atoms with van der Waals surface area (Å²) in [6, 6.07) is 18.6. The molecule has 5 heteroatoms. The van der Waals surface area contributed by atoms with Gasteiger partial charge < -0.3 is 5.11 Å². The van der Waals surface area contributed by atoms with Gasteiger partial charge in [0.05, 0.1) is 5.71 Å². The molecule has 0 atom stereocenters. The molecule has 0 aliphatic heterocycles. The van der Waals surface area contributed by atoms with Crippen molar-refractivity contribution in [2.45, 2.75) is 13.8 Å². The number of hydrogen-bond donors (Lipinski definition) is 2. The van der Waals surface area contributed by atoms with Crippen LogP contribution in [-0.2, 0) is 0 Å². The molecule has 0 bridgehead atoms. The first kappa shape index (κ1) is 15.7. The molecule has 24 heavy (non-hydrogen) atoms. The lowest BCUT2D eigenvalue weighted by Crippen LogP contribution is -2.02. The lowest BCUT2D eigenvalue weighted by molar-refractivity contribution is 0.475. The van der Waals surface area contributed by atoms with E-state index in [2.05, 4.69) is 20.5 Å². The van der Waals surface area contributed by atoms with Gasteiger partial charge in [0.25, 0.3) is 0 Å². The van der Waals surface area contributed by atoms with Crippen molar-refractivity contribution in [3.8, 4) is 17.1 Å². The number of aryl methyl sites for hydroxylation is 1. The maximum Gasteiger partial charge on any atom is 0.161 e. The smallest absolute Gasteiger partial charge is 0.161 e. The van der Waals surface area contributed by atoms with Crippen LogP contribution in [0, 0.1) is 6.92 Å². The topological polar surface area (TPSA) is 70.4 Å². The van der Waals surface area contributed by atoms with Crippen molar-refractivity contribution in [1.29, 1.82) is 0 Å². The number of rotatable bonds is 4. The predicted molar refractivity (Wildman–Crippen MR) is 96.1 cm³/mol. The van der Waals surface area contributed by atoms with Crippen molar-refractivity contribution < 1.29 is 5.11 Å². The molecule has 0 fully saturated rings. The highest BCUT2D eigenvalue weighted by Crippen LogP contribution is 2.17. The average Bonchev–Trinajstić information content (AvgIpc) is 2.60. The number of nitrogens with one attached hydrogen (secondary N) is 1. The Morgan fingerprint density at radius 1 is 1.00 bits per heavy atom. The van der Waals surface area contributed by atoms with Crippen LogP contribution in [0.25, 0.3) is 11.4 Å². The Morgan fingerprint density at radius 3 is 2.42 bits per heavy atom. The summed E-state index contributed by atoms with van der Waals surface area (Å²) in [5.41, 5.74) is 6.53. The minimum atomic E-state index is 0.235. The van der Waals surface area contributed by atoms with E-state index in [1.807, 2.05) is 62.4 Å². The molecule has 0 amide bonds. The van der Waals surface area contributed by atoms with Crippen LogP contribution in [0.5, 0.6) is 5.75 Å². The summed E-state index contributed by atoms with van der Waals surface area (Å²) in [5.74, 6) is 1.54. The second-order valence-electron chi connectivity index (χ2n) is 5.44. The fourth-order valence-electron chi connectivity index (χ4n) is 2.25. The van der Waals surface area contributed by atoms with E-state index >= 15 is 0 Å². The van der Waals surface area contributed by atoms with Gasteiger partial charge in [0.2, 0.25) is 0 Å². The van der Waals surface area contributed by atoms with Gasteiger partial charge in [0.1, 0.15) is 5.75 Å². The van der Waals surface area contributed by atoms with Gasteiger partial charge in [-0.25, -0.2) is 9.97 Å². The van der Waals surface area contributed by atoms with E-state index in [4.69, 9.17) is 0 Å². The highest BCUT2D eigenvalue weighted by Gasteiger charge is 2.05. The van der Waals surface area contributed by atoms with Gasteiger partial charge in [-0.1, -0.05) is 30.3 Å². The van der Waals surface area contributed by atoms with Crippen molar-refractivity contribution in [3.63, 3.8) is 0 Å². The van der Waals surface area contributed by atoms with Gasteiger partial charge in [0, 0.05) is 17.3 Å². The molecule has 0 saturated heterocycles. The molecule has 0 spiro atoms. The fourth-order valence-corrected chi connectivity index (χ4v) is 2.25. The fraction of sp³-hybridized carbons (Fsp3) is 0.105. The number of nitrogens with zero attached hydrogens (tertiary/aromatic N) is 3. The molecule has 3 aromatic rings. The number of phenolic OH excluding ortho intramolecular Hbond substituents is 1. The van der Waals surface area contributed by atoms with Crippen LogP contribution in [0.4, 0.5) is 5.82 Å². The molecule has 0 aliphatic carbocycles. The Kier molecular flexibility index (Phi) is 4.52. The number of phenols is 1. The Balaban J connectivity index is 1.84. The highest BCUT2D eigenvalue weighted by atomic mass is 16.3. The number of hydrogen-bond acceptors (Lipinski definition) is 5. The molecular formula is C19H18N4O. The molecule has 5 nitrogen and oxygen atoms in total. The molecule has 2 aromatic carbocycles. The molecule has 2 N–H and O–H groups in total. The van der Waals surface area contributed by atoms with Gasteiger partial charge in [-0.15, -0.1) is 0 Å². The van der Waals surface area contributed by atoms with Gasteiger partial charge in [-0.3, -0.25) is 5.43 Å². The quantitative estimate of drug-likeness (QED) is 0.563. The van der Waals surface area contributed by atoms with Gasteiger partial charge in [-0.2, -0.15) is 5.10 Å². The average molecular weight is 318 g/mol. The Labute approximate surface area is 140 Å². The van der Waals surface area contributed by atoms with Crippen LogP contribution in [0.3, 0.4) is 0 Å². The number of aromatic hydroxyl groups is 1. The van der Waals surface area contributed by atoms with Crippen molar-refractivity contribution >= 4 is 11.5 Å². The number of benzene rings is 2. The van der Waals surface area contributed by atoms with Crippen LogP contribution in [0.15, 0.2) is 65.8 Å². The first-order valence-electron chi connectivity index (χ1n) is 7.62. The summed E-state index contributed by atoms with van der Waals surface area (Å²) in [7, 11) is 0. The van der Waals surface area contributed by atoms with Crippen molar-refractivity contribution in [1.82, 2.24) is 9.97 Å². The first-order valence-corrected chi connectivity index (χ1v) is 7.62. The van der Waals surface area contributed by atoms with Crippen LogP contribution >= 0.6 is 0 Å². The van der Waals surface area contributed by atoms with Gasteiger partial charge >= 0.3 is 0 Å². The SMILES string of the molecule is CC(=NNc1cc(C)nc(-c2ccccc2)n1)c1ccc(O)cc1. The zero-order chi connectivity index (χ0) is 16.9. The molecule has 120 valence electrons. The van der Waals surface area contributed by atoms with E-state index in [9.17, 15) is 5.11 Å². The van der Waals surface area contributed by atoms with E-state index < -0.39 is 0 Å². The molecule has 0 unspecified atom stereocenters. The van der Waals surface area contributed by atoms with Crippen LogP contribution < -0.4 is 5.43 Å². The first-order chi connectivity index (χ1) is 11.6. The van der Waals surface area contributed by atoms with Crippen molar-refractivity contribution in [3.05, 3.63) is 71.9 Å². The lowest BCUT2D eigenvalue weighted by Gasteiger charge is -2.07. The van der Waals surface area contributed by atoms with Crippen LogP contribution in [0.2, 0.25) is 0 Å². The second-order valence-corrected chi connectivity index (χ2v) is 5.44. The standard InChI is InChI=1S/C19H18N4O/c1-13-12-18(21-19(20-13)16-6-4-3-5-7-16)23-22-14(2)15-8-10-17(24)11-9-15/h3-12,24H,1-2H3,(H,20,21,23). The molecule has 3 rings (SSSR count). The van der Waals surface area contributed by atoms with E-state index in [1.165, 1.54) is 0 Å². The summed E-state index contributed by atoms with van der Waals surface area (Å²) in [6.07, 6.45) is 0. The van der Waals surface area contributed by atoms with E-state index in [1.54, 1.807) is 12.1 Å². The molecule has 1 heterocycles. The number of anilines is 1. The van der Waals surface area contributed by atoms with Gasteiger partial charge in [-0.05, 0) is 43.7 Å². The number of hydrazone groups is 1. The van der Waals surface area contributed by atoms with Crippen molar-refractivity contribution in [2.75, 3.05) is 5.43 Å². The molecular weight excluding hydrogens is 300 g/mol.